The zero-order chi connectivity index (χ0) is 29.1. The van der Waals surface area contributed by atoms with E-state index in [0.29, 0.717) is 35.5 Å². The fraction of sp³-hybridized carbons (Fsp3) is 0.281. The van der Waals surface area contributed by atoms with Gasteiger partial charge in [-0.15, -0.1) is 0 Å². The molecule has 6 rings (SSSR count). The number of piperazine rings is 1. The van der Waals surface area contributed by atoms with E-state index in [0.717, 1.165) is 43.4 Å². The summed E-state index contributed by atoms with van der Waals surface area (Å²) in [6.45, 7) is 5.14. The van der Waals surface area contributed by atoms with Crippen LogP contribution in [0.5, 0.6) is 0 Å². The van der Waals surface area contributed by atoms with E-state index in [-0.39, 0.29) is 17.1 Å². The van der Waals surface area contributed by atoms with Gasteiger partial charge in [-0.25, -0.2) is 14.2 Å². The van der Waals surface area contributed by atoms with Crippen LogP contribution < -0.4 is 10.4 Å². The quantitative estimate of drug-likeness (QED) is 0.355. The highest BCUT2D eigenvalue weighted by atomic mass is 19.1. The molecule has 3 heterocycles. The number of fused-ring (bicyclic) bond motifs is 2. The molecule has 10 heteroatoms. The first-order chi connectivity index (χ1) is 20.5. The number of benzene rings is 3. The minimum absolute atomic E-state index is 0.0834. The molecule has 216 valence electrons. The SMILES string of the molecule is COC(=O)N(NC(=O)c1c(CN2CCN3CCOCC3C2)c(-c2ccccc2)nc2c(F)cccc12)c1ccccc1. The maximum Gasteiger partial charge on any atom is 0.433 e. The highest BCUT2D eigenvalue weighted by Crippen LogP contribution is 2.33. The van der Waals surface area contributed by atoms with Crippen molar-refractivity contribution < 1.29 is 23.5 Å². The molecule has 42 heavy (non-hydrogen) atoms. The summed E-state index contributed by atoms with van der Waals surface area (Å²) in [5, 5.41) is 1.41. The average Bonchev–Trinajstić information content (AvgIpc) is 3.04. The van der Waals surface area contributed by atoms with Crippen LogP contribution >= 0.6 is 0 Å². The Labute approximate surface area is 243 Å². The Morgan fingerprint density at radius 2 is 1.79 bits per heavy atom. The van der Waals surface area contributed by atoms with Crippen molar-refractivity contribution in [1.29, 1.82) is 0 Å². The van der Waals surface area contributed by atoms with E-state index in [4.69, 9.17) is 14.5 Å². The molecule has 0 aliphatic carbocycles. The molecule has 2 fully saturated rings. The zero-order valence-corrected chi connectivity index (χ0v) is 23.3. The smallest absolute Gasteiger partial charge is 0.433 e. The lowest BCUT2D eigenvalue weighted by atomic mass is 9.95. The number of halogens is 1. The van der Waals surface area contributed by atoms with Gasteiger partial charge >= 0.3 is 6.09 Å². The lowest BCUT2D eigenvalue weighted by Crippen LogP contribution is -2.57. The Hall–Kier alpha value is -4.38. The van der Waals surface area contributed by atoms with Gasteiger partial charge in [0.1, 0.15) is 11.3 Å². The average molecular weight is 570 g/mol. The molecule has 0 radical (unpaired) electrons. The van der Waals surface area contributed by atoms with Crippen LogP contribution in [0.15, 0.2) is 78.9 Å². The molecule has 1 atom stereocenters. The Kier molecular flexibility index (Phi) is 8.09. The number of anilines is 1. The molecule has 0 spiro atoms. The van der Waals surface area contributed by atoms with Gasteiger partial charge < -0.3 is 9.47 Å². The van der Waals surface area contributed by atoms with Gasteiger partial charge in [0, 0.05) is 55.3 Å². The highest BCUT2D eigenvalue weighted by molar-refractivity contribution is 6.10. The molecular formula is C32H32FN5O4. The predicted octanol–water partition coefficient (Wildman–Crippen LogP) is 4.48. The number of nitrogens with zero attached hydrogens (tertiary/aromatic N) is 4. The molecule has 2 aliphatic heterocycles. The first-order valence-corrected chi connectivity index (χ1v) is 14.0. The lowest BCUT2D eigenvalue weighted by Gasteiger charge is -2.44. The number of rotatable bonds is 5. The largest absolute Gasteiger partial charge is 0.451 e. The number of hydrogen-bond donors (Lipinski definition) is 1. The van der Waals surface area contributed by atoms with Gasteiger partial charge in [-0.3, -0.25) is 20.0 Å². The number of carbonyl (C=O) groups is 2. The van der Waals surface area contributed by atoms with Crippen molar-refractivity contribution in [3.63, 3.8) is 0 Å². The van der Waals surface area contributed by atoms with Crippen LogP contribution in [0.4, 0.5) is 14.9 Å². The van der Waals surface area contributed by atoms with E-state index in [1.807, 2.05) is 30.3 Å². The fourth-order valence-electron chi connectivity index (χ4n) is 5.76. The number of nitrogens with one attached hydrogen (secondary N) is 1. The fourth-order valence-corrected chi connectivity index (χ4v) is 5.76. The number of aromatic nitrogens is 1. The van der Waals surface area contributed by atoms with Crippen molar-refractivity contribution >= 4 is 28.6 Å². The van der Waals surface area contributed by atoms with Crippen LogP contribution in [0.25, 0.3) is 22.2 Å². The number of hydrogen-bond acceptors (Lipinski definition) is 7. The second kappa shape index (κ2) is 12.2. The first-order valence-electron chi connectivity index (χ1n) is 14.0. The Balaban J connectivity index is 1.48. The van der Waals surface area contributed by atoms with E-state index in [2.05, 4.69) is 15.2 Å². The van der Waals surface area contributed by atoms with Crippen LogP contribution in [-0.2, 0) is 16.0 Å². The number of amides is 2. The molecule has 1 N–H and O–H groups in total. The van der Waals surface area contributed by atoms with E-state index in [9.17, 15) is 9.59 Å². The summed E-state index contributed by atoms with van der Waals surface area (Å²) in [6, 6.07) is 23.0. The molecule has 2 amide bonds. The number of pyridine rings is 1. The normalized spacial score (nSPS) is 17.4. The molecular weight excluding hydrogens is 537 g/mol. The van der Waals surface area contributed by atoms with Crippen LogP contribution in [0.2, 0.25) is 0 Å². The van der Waals surface area contributed by atoms with E-state index in [1.165, 1.54) is 13.2 Å². The van der Waals surface area contributed by atoms with Gasteiger partial charge in [0.05, 0.1) is 37.3 Å². The topological polar surface area (TPSA) is 87.2 Å². The van der Waals surface area contributed by atoms with Crippen molar-refractivity contribution in [2.45, 2.75) is 12.6 Å². The standard InChI is InChI=1S/C32H32FN5O4/c1-41-32(40)38(23-11-6-3-7-12-23)35-31(39)28-25-13-8-14-27(33)30(25)34-29(22-9-4-2-5-10-22)26(28)20-36-15-16-37-17-18-42-21-24(37)19-36/h2-14,24H,15-21H2,1H3,(H,35,39). The molecule has 0 saturated carbocycles. The van der Waals surface area contributed by atoms with Crippen LogP contribution in [0.1, 0.15) is 15.9 Å². The Morgan fingerprint density at radius 1 is 1.02 bits per heavy atom. The summed E-state index contributed by atoms with van der Waals surface area (Å²) in [5.74, 6) is -1.11. The summed E-state index contributed by atoms with van der Waals surface area (Å²) >= 11 is 0. The van der Waals surface area contributed by atoms with Gasteiger partial charge in [-0.1, -0.05) is 60.7 Å². The van der Waals surface area contributed by atoms with Crippen molar-refractivity contribution in [1.82, 2.24) is 20.2 Å². The van der Waals surface area contributed by atoms with Crippen molar-refractivity contribution in [3.8, 4) is 11.3 Å². The summed E-state index contributed by atoms with van der Waals surface area (Å²) < 4.78 is 26.0. The van der Waals surface area contributed by atoms with Crippen LogP contribution in [0.3, 0.4) is 0 Å². The maximum atomic E-state index is 15.3. The maximum absolute atomic E-state index is 15.3. The zero-order valence-electron chi connectivity index (χ0n) is 23.3. The number of ether oxygens (including phenoxy) is 2. The van der Waals surface area contributed by atoms with Crippen molar-refractivity contribution in [3.05, 3.63) is 95.8 Å². The molecule has 0 bridgehead atoms. The second-order valence-corrected chi connectivity index (χ2v) is 10.4. The molecule has 2 saturated heterocycles. The number of para-hydroxylation sites is 2. The summed E-state index contributed by atoms with van der Waals surface area (Å²) in [6.07, 6.45) is -0.766. The van der Waals surface area contributed by atoms with Crippen molar-refractivity contribution in [2.75, 3.05) is 51.5 Å². The third-order valence-electron chi connectivity index (χ3n) is 7.83. The van der Waals surface area contributed by atoms with Gasteiger partial charge in [0.15, 0.2) is 0 Å². The summed E-state index contributed by atoms with van der Waals surface area (Å²) in [4.78, 5) is 36.6. The van der Waals surface area contributed by atoms with Crippen LogP contribution in [0, 0.1) is 5.82 Å². The molecule has 4 aromatic rings. The summed E-state index contributed by atoms with van der Waals surface area (Å²) in [7, 11) is 1.25. The van der Waals surface area contributed by atoms with E-state index in [1.54, 1.807) is 42.5 Å². The van der Waals surface area contributed by atoms with E-state index >= 15 is 4.39 Å². The van der Waals surface area contributed by atoms with Gasteiger partial charge in [-0.05, 0) is 18.2 Å². The number of morpholine rings is 1. The third kappa shape index (κ3) is 5.56. The predicted molar refractivity (Wildman–Crippen MR) is 157 cm³/mol. The first kappa shape index (κ1) is 27.8. The van der Waals surface area contributed by atoms with E-state index < -0.39 is 17.8 Å². The van der Waals surface area contributed by atoms with Gasteiger partial charge in [0.25, 0.3) is 5.91 Å². The molecule has 1 unspecified atom stereocenters. The summed E-state index contributed by atoms with van der Waals surface area (Å²) in [5.41, 5.74) is 5.43. The molecule has 1 aromatic heterocycles. The van der Waals surface area contributed by atoms with Gasteiger partial charge in [0.2, 0.25) is 0 Å². The monoisotopic (exact) mass is 569 g/mol. The highest BCUT2D eigenvalue weighted by Gasteiger charge is 2.32. The molecule has 3 aromatic carbocycles. The number of hydrazine groups is 1. The van der Waals surface area contributed by atoms with Crippen LogP contribution in [-0.4, -0.2) is 79.3 Å². The third-order valence-corrected chi connectivity index (χ3v) is 7.83. The Morgan fingerprint density at radius 3 is 2.55 bits per heavy atom. The number of methoxy groups -OCH3 is 1. The van der Waals surface area contributed by atoms with Crippen molar-refractivity contribution in [2.24, 2.45) is 0 Å². The lowest BCUT2D eigenvalue weighted by molar-refractivity contribution is -0.0461. The molecule has 9 nitrogen and oxygen atoms in total. The molecule has 2 aliphatic rings. The number of carbonyl (C=O) groups excluding carboxylic acids is 2. The van der Waals surface area contributed by atoms with Gasteiger partial charge in [-0.2, -0.15) is 5.01 Å². The second-order valence-electron chi connectivity index (χ2n) is 10.4. The minimum Gasteiger partial charge on any atom is -0.451 e. The Bertz CT molecular complexity index is 1590. The minimum atomic E-state index is -0.766.